The summed E-state index contributed by atoms with van der Waals surface area (Å²) in [4.78, 5) is 58.3. The molecule has 0 aliphatic rings. The zero-order chi connectivity index (χ0) is 69.5. The SMILES string of the molecule is CCCCC/C=C\C/C=C\C/C=C\C/C=C\CCCCCCCCCCCCCCCCCCCCCC(=O)OCC(O)COP(=O)(O)OCC(O)COP(=O)(O)OCC(COC(=O)CCCCCCCCCCCCCCC)OC(=O)CCCCCCCCCCCCC. The number of carbonyl (C=O) groups excluding carboxylic acids is 3. The minimum absolute atomic E-state index is 0.114. The summed E-state index contributed by atoms with van der Waals surface area (Å²) in [6.45, 7) is 2.70. The number of ether oxygens (including phenoxy) is 3. The molecule has 4 N–H and O–H groups in total. The highest BCUT2D eigenvalue weighted by molar-refractivity contribution is 7.47. The Bertz CT molecular complexity index is 1930. The van der Waals surface area contributed by atoms with Crippen LogP contribution >= 0.6 is 15.6 Å². The minimum atomic E-state index is -4.91. The van der Waals surface area contributed by atoms with E-state index in [1.165, 1.54) is 225 Å². The average Bonchev–Trinajstić information content (AvgIpc) is 3.02. The summed E-state index contributed by atoms with van der Waals surface area (Å²) in [7, 11) is -9.75. The summed E-state index contributed by atoms with van der Waals surface area (Å²) in [5.41, 5.74) is 0. The Balaban J connectivity index is 4.22. The molecule has 0 fully saturated rings. The van der Waals surface area contributed by atoms with E-state index in [-0.39, 0.29) is 19.3 Å². The Labute approximate surface area is 580 Å². The molecule has 0 aromatic heterocycles. The van der Waals surface area contributed by atoms with Gasteiger partial charge < -0.3 is 34.2 Å². The number of carbonyl (C=O) groups is 3. The lowest BCUT2D eigenvalue weighted by atomic mass is 10.0. The third kappa shape index (κ3) is 72.6. The number of esters is 3. The van der Waals surface area contributed by atoms with Gasteiger partial charge in [0, 0.05) is 19.3 Å². The summed E-state index contributed by atoms with van der Waals surface area (Å²) in [6.07, 6.45) is 74.9. The Kier molecular flexibility index (Phi) is 69.5. The number of hydrogen-bond donors (Lipinski definition) is 4. The van der Waals surface area contributed by atoms with Crippen LogP contribution in [0.25, 0.3) is 0 Å². The van der Waals surface area contributed by atoms with Crippen molar-refractivity contribution in [1.29, 1.82) is 0 Å². The molecule has 0 saturated heterocycles. The fourth-order valence-electron chi connectivity index (χ4n) is 11.1. The Morgan fingerprint density at radius 1 is 0.295 bits per heavy atom. The molecule has 0 amide bonds. The third-order valence-corrected chi connectivity index (χ3v) is 19.0. The van der Waals surface area contributed by atoms with E-state index in [9.17, 15) is 43.5 Å². The van der Waals surface area contributed by atoms with E-state index in [1.54, 1.807) is 0 Å². The zero-order valence-electron chi connectivity index (χ0n) is 60.9. The van der Waals surface area contributed by atoms with Gasteiger partial charge in [-0.2, -0.15) is 0 Å². The molecule has 5 atom stereocenters. The van der Waals surface area contributed by atoms with E-state index in [4.69, 9.17) is 32.3 Å². The lowest BCUT2D eigenvalue weighted by Crippen LogP contribution is -2.30. The number of phosphoric ester groups is 2. The Hall–Kier alpha value is -2.49. The second-order valence-electron chi connectivity index (χ2n) is 26.5. The summed E-state index contributed by atoms with van der Waals surface area (Å²) >= 11 is 0. The van der Waals surface area contributed by atoms with Gasteiger partial charge in [0.05, 0.1) is 26.4 Å². The minimum Gasteiger partial charge on any atom is -0.463 e. The van der Waals surface area contributed by atoms with Crippen molar-refractivity contribution in [3.63, 3.8) is 0 Å². The maximum atomic E-state index is 12.9. The molecule has 0 aromatic carbocycles. The van der Waals surface area contributed by atoms with E-state index >= 15 is 0 Å². The molecule has 0 spiro atoms. The van der Waals surface area contributed by atoms with Gasteiger partial charge in [0.15, 0.2) is 6.10 Å². The molecule has 18 heteroatoms. The van der Waals surface area contributed by atoms with Crippen LogP contribution in [-0.2, 0) is 55.8 Å². The van der Waals surface area contributed by atoms with E-state index in [0.717, 1.165) is 83.5 Å². The van der Waals surface area contributed by atoms with E-state index in [1.807, 2.05) is 0 Å². The average molecular weight is 1390 g/mol. The topological polar surface area (TPSA) is 231 Å². The molecule has 95 heavy (non-hydrogen) atoms. The molecule has 0 aromatic rings. The zero-order valence-corrected chi connectivity index (χ0v) is 62.6. The van der Waals surface area contributed by atoms with Gasteiger partial charge in [0.25, 0.3) is 0 Å². The molecule has 0 aliphatic carbocycles. The van der Waals surface area contributed by atoms with Crippen molar-refractivity contribution < 1.29 is 75.8 Å². The number of unbranched alkanes of at least 4 members (excludes halogenated alkanes) is 44. The molecule has 0 aliphatic heterocycles. The summed E-state index contributed by atoms with van der Waals surface area (Å²) < 4.78 is 60.9. The number of hydrogen-bond acceptors (Lipinski definition) is 14. The highest BCUT2D eigenvalue weighted by atomic mass is 31.2. The molecule has 558 valence electrons. The molecule has 16 nitrogen and oxygen atoms in total. The first-order valence-electron chi connectivity index (χ1n) is 38.9. The van der Waals surface area contributed by atoms with Gasteiger partial charge in [0.2, 0.25) is 0 Å². The standard InChI is InChI=1S/C77H144O16P2/c1-4-7-10-13-16-19-22-24-25-26-27-28-29-30-31-32-33-34-35-36-37-38-39-40-41-42-43-44-45-47-50-51-54-57-60-63-75(80)87-66-72(78)67-89-94(83,84)90-68-73(79)69-91-95(85,86)92-71-74(93-77(82)65-62-59-56-53-48-21-18-15-12-9-6-3)70-88-76(81)64-61-58-55-52-49-46-23-20-17-14-11-8-5-2/h16,19,24-25,27-28,30-31,72-74,78-79H,4-15,17-18,20-23,26,29,32-71H2,1-3H3,(H,83,84)(H,85,86)/b19-16-,25-24-,28-27-,31-30-. The number of aliphatic hydroxyl groups is 2. The quantitative estimate of drug-likeness (QED) is 0.0146. The van der Waals surface area contributed by atoms with Gasteiger partial charge in [-0.1, -0.05) is 333 Å². The third-order valence-electron chi connectivity index (χ3n) is 17.1. The molecule has 0 radical (unpaired) electrons. The van der Waals surface area contributed by atoms with Crippen molar-refractivity contribution in [2.75, 3.05) is 39.6 Å². The fourth-order valence-corrected chi connectivity index (χ4v) is 12.7. The lowest BCUT2D eigenvalue weighted by Gasteiger charge is -2.21. The van der Waals surface area contributed by atoms with Crippen molar-refractivity contribution >= 4 is 33.6 Å². The van der Waals surface area contributed by atoms with Crippen LogP contribution in [-0.4, -0.2) is 95.9 Å². The summed E-state index contributed by atoms with van der Waals surface area (Å²) in [6, 6.07) is 0. The monoisotopic (exact) mass is 1390 g/mol. The van der Waals surface area contributed by atoms with Crippen molar-refractivity contribution in [2.24, 2.45) is 0 Å². The predicted molar refractivity (Wildman–Crippen MR) is 390 cm³/mol. The highest BCUT2D eigenvalue weighted by Crippen LogP contribution is 2.45. The van der Waals surface area contributed by atoms with Crippen molar-refractivity contribution in [2.45, 2.75) is 386 Å². The smallest absolute Gasteiger partial charge is 0.463 e. The Morgan fingerprint density at radius 2 is 0.526 bits per heavy atom. The maximum absolute atomic E-state index is 12.9. The predicted octanol–water partition coefficient (Wildman–Crippen LogP) is 22.3. The number of aliphatic hydroxyl groups excluding tert-OH is 2. The van der Waals surface area contributed by atoms with Crippen LogP contribution in [0.3, 0.4) is 0 Å². The normalized spacial score (nSPS) is 14.3. The van der Waals surface area contributed by atoms with Crippen molar-refractivity contribution in [3.05, 3.63) is 48.6 Å². The van der Waals surface area contributed by atoms with Crippen molar-refractivity contribution in [1.82, 2.24) is 0 Å². The van der Waals surface area contributed by atoms with Gasteiger partial charge >= 0.3 is 33.6 Å². The molecule has 5 unspecified atom stereocenters. The molecule has 0 bridgehead atoms. The first-order valence-corrected chi connectivity index (χ1v) is 41.9. The molecule has 0 heterocycles. The van der Waals surface area contributed by atoms with Crippen molar-refractivity contribution in [3.8, 4) is 0 Å². The van der Waals surface area contributed by atoms with Gasteiger partial charge in [-0.25, -0.2) is 9.13 Å². The van der Waals surface area contributed by atoms with Crippen LogP contribution in [0.5, 0.6) is 0 Å². The van der Waals surface area contributed by atoms with E-state index in [2.05, 4.69) is 69.4 Å². The lowest BCUT2D eigenvalue weighted by molar-refractivity contribution is -0.161. The van der Waals surface area contributed by atoms with Gasteiger partial charge in [0.1, 0.15) is 25.4 Å². The van der Waals surface area contributed by atoms with Crippen LogP contribution in [0.1, 0.15) is 367 Å². The van der Waals surface area contributed by atoms with Gasteiger partial charge in [-0.05, 0) is 64.2 Å². The van der Waals surface area contributed by atoms with Crippen LogP contribution < -0.4 is 0 Å². The van der Waals surface area contributed by atoms with E-state index in [0.29, 0.717) is 19.3 Å². The number of rotatable bonds is 75. The first kappa shape index (κ1) is 92.5. The molecular formula is C77H144O16P2. The molecule has 0 rings (SSSR count). The second-order valence-corrected chi connectivity index (χ2v) is 29.4. The van der Waals surface area contributed by atoms with Gasteiger partial charge in [-0.3, -0.25) is 32.5 Å². The van der Waals surface area contributed by atoms with E-state index < -0.39 is 91.5 Å². The molecular weight excluding hydrogens is 1240 g/mol. The number of allylic oxidation sites excluding steroid dienone is 8. The van der Waals surface area contributed by atoms with Gasteiger partial charge in [-0.15, -0.1) is 0 Å². The second kappa shape index (κ2) is 71.3. The first-order chi connectivity index (χ1) is 46.2. The summed E-state index contributed by atoms with van der Waals surface area (Å²) in [5, 5.41) is 20.6. The summed E-state index contributed by atoms with van der Waals surface area (Å²) in [5.74, 6) is -1.55. The Morgan fingerprint density at radius 3 is 0.853 bits per heavy atom. The molecule has 0 saturated carbocycles. The highest BCUT2D eigenvalue weighted by Gasteiger charge is 2.29. The van der Waals surface area contributed by atoms with Crippen LogP contribution in [0.15, 0.2) is 48.6 Å². The number of phosphoric acid groups is 2. The fraction of sp³-hybridized carbons (Fsp3) is 0.857. The van der Waals surface area contributed by atoms with Crippen LogP contribution in [0.2, 0.25) is 0 Å². The van der Waals surface area contributed by atoms with Crippen LogP contribution in [0.4, 0.5) is 0 Å². The maximum Gasteiger partial charge on any atom is 0.472 e. The van der Waals surface area contributed by atoms with Crippen LogP contribution in [0, 0.1) is 0 Å². The largest absolute Gasteiger partial charge is 0.472 e.